The van der Waals surface area contributed by atoms with E-state index in [1.807, 2.05) is 18.6 Å². The molecule has 0 radical (unpaired) electrons. The van der Waals surface area contributed by atoms with Gasteiger partial charge in [-0.3, -0.25) is 0 Å². The molecular formula is C22H24FN3O. The van der Waals surface area contributed by atoms with E-state index in [0.29, 0.717) is 5.92 Å². The number of fused-ring (bicyclic) bond motifs is 1. The lowest BCUT2D eigenvalue weighted by Gasteiger charge is -2.36. The number of nitrogens with zero attached hydrogens (tertiary/aromatic N) is 3. The number of aliphatic hydroxyl groups is 1. The van der Waals surface area contributed by atoms with Crippen molar-refractivity contribution in [3.63, 3.8) is 0 Å². The number of imidazole rings is 1. The molecule has 1 aromatic carbocycles. The highest BCUT2D eigenvalue weighted by molar-refractivity contribution is 5.50. The summed E-state index contributed by atoms with van der Waals surface area (Å²) in [5.41, 5.74) is 4.27. The molecule has 2 fully saturated rings. The second-order valence-electron chi connectivity index (χ2n) is 7.89. The van der Waals surface area contributed by atoms with Gasteiger partial charge in [0.25, 0.3) is 0 Å². The molecule has 3 heterocycles. The molecule has 1 aliphatic heterocycles. The predicted octanol–water partition coefficient (Wildman–Crippen LogP) is 4.30. The molecule has 27 heavy (non-hydrogen) atoms. The van der Waals surface area contributed by atoms with Crippen molar-refractivity contribution in [3.05, 3.63) is 66.0 Å². The number of hydrogen-bond donors (Lipinski definition) is 1. The summed E-state index contributed by atoms with van der Waals surface area (Å²) in [6.07, 6.45) is 7.38. The van der Waals surface area contributed by atoms with Crippen LogP contribution in [0.25, 0.3) is 5.52 Å². The van der Waals surface area contributed by atoms with Crippen LogP contribution in [-0.2, 0) is 0 Å². The fourth-order valence-corrected chi connectivity index (χ4v) is 4.45. The highest BCUT2D eigenvalue weighted by Crippen LogP contribution is 2.45. The fourth-order valence-electron chi connectivity index (χ4n) is 4.45. The molecule has 1 aliphatic carbocycles. The third-order valence-corrected chi connectivity index (χ3v) is 6.11. The summed E-state index contributed by atoms with van der Waals surface area (Å²) in [6.45, 7) is 1.67. The summed E-state index contributed by atoms with van der Waals surface area (Å²) in [4.78, 5) is 6.49. The Morgan fingerprint density at radius 3 is 2.63 bits per heavy atom. The molecule has 0 unspecified atom stereocenters. The van der Waals surface area contributed by atoms with Crippen LogP contribution in [0, 0.1) is 11.7 Å². The van der Waals surface area contributed by atoms with Gasteiger partial charge in [0, 0.05) is 18.8 Å². The molecule has 2 aromatic heterocycles. The molecule has 1 atom stereocenters. The van der Waals surface area contributed by atoms with Gasteiger partial charge in [0.1, 0.15) is 5.82 Å². The Labute approximate surface area is 158 Å². The quantitative estimate of drug-likeness (QED) is 0.749. The smallest absolute Gasteiger partial charge is 0.125 e. The van der Waals surface area contributed by atoms with Gasteiger partial charge in [-0.25, -0.2) is 9.37 Å². The van der Waals surface area contributed by atoms with Crippen LogP contribution in [0.3, 0.4) is 0 Å². The standard InChI is InChI=1S/C22H24FN3O/c23-17-2-1-3-18(12-17)25-10-8-16(9-11-25)22(27)21-20(15-4-5-15)7-6-19-13-24-14-26(19)21/h1-3,6-7,12-16,22,27H,4-5,8-11H2/t22-/m0/s1. The summed E-state index contributed by atoms with van der Waals surface area (Å²) in [5, 5.41) is 11.3. The molecule has 5 rings (SSSR count). The topological polar surface area (TPSA) is 40.8 Å². The summed E-state index contributed by atoms with van der Waals surface area (Å²) in [7, 11) is 0. The lowest BCUT2D eigenvalue weighted by atomic mass is 9.87. The SMILES string of the molecule is O[C@H](c1c(C2CC2)ccc2cncn12)C1CCN(c2cccc(F)c2)CC1. The van der Waals surface area contributed by atoms with Crippen molar-refractivity contribution in [2.75, 3.05) is 18.0 Å². The van der Waals surface area contributed by atoms with Gasteiger partial charge in [-0.15, -0.1) is 0 Å². The minimum Gasteiger partial charge on any atom is -0.387 e. The van der Waals surface area contributed by atoms with Crippen LogP contribution in [0.4, 0.5) is 10.1 Å². The summed E-state index contributed by atoms with van der Waals surface area (Å²) < 4.78 is 15.6. The molecule has 1 N–H and O–H groups in total. The highest BCUT2D eigenvalue weighted by Gasteiger charge is 2.34. The van der Waals surface area contributed by atoms with Crippen LogP contribution in [-0.4, -0.2) is 27.6 Å². The van der Waals surface area contributed by atoms with Crippen LogP contribution in [0.15, 0.2) is 48.9 Å². The van der Waals surface area contributed by atoms with Crippen LogP contribution in [0.2, 0.25) is 0 Å². The van der Waals surface area contributed by atoms with Gasteiger partial charge in [-0.2, -0.15) is 0 Å². The van der Waals surface area contributed by atoms with Crippen molar-refractivity contribution in [3.8, 4) is 0 Å². The zero-order valence-electron chi connectivity index (χ0n) is 15.3. The fraction of sp³-hybridized carbons (Fsp3) is 0.409. The van der Waals surface area contributed by atoms with Gasteiger partial charge in [-0.05, 0) is 67.3 Å². The average Bonchev–Trinajstić information content (AvgIpc) is 3.43. The van der Waals surface area contributed by atoms with Crippen LogP contribution in [0.1, 0.15) is 49.0 Å². The first-order valence-electron chi connectivity index (χ1n) is 9.84. The Morgan fingerprint density at radius 2 is 1.89 bits per heavy atom. The lowest BCUT2D eigenvalue weighted by Crippen LogP contribution is -2.36. The number of pyridine rings is 1. The molecule has 0 bridgehead atoms. The van der Waals surface area contributed by atoms with Crippen molar-refractivity contribution in [2.24, 2.45) is 5.92 Å². The third kappa shape index (κ3) is 3.10. The second kappa shape index (κ2) is 6.64. The number of aromatic nitrogens is 2. The van der Waals surface area contributed by atoms with Gasteiger partial charge in [-0.1, -0.05) is 12.1 Å². The maximum Gasteiger partial charge on any atom is 0.125 e. The molecule has 3 aromatic rings. The number of benzene rings is 1. The van der Waals surface area contributed by atoms with Gasteiger partial charge >= 0.3 is 0 Å². The number of halogens is 1. The molecule has 2 aliphatic rings. The third-order valence-electron chi connectivity index (χ3n) is 6.11. The van der Waals surface area contributed by atoms with E-state index in [1.54, 1.807) is 12.1 Å². The zero-order chi connectivity index (χ0) is 18.4. The van der Waals surface area contributed by atoms with E-state index in [9.17, 15) is 9.50 Å². The lowest BCUT2D eigenvalue weighted by molar-refractivity contribution is 0.0871. The van der Waals surface area contributed by atoms with Crippen LogP contribution >= 0.6 is 0 Å². The number of aliphatic hydroxyl groups excluding tert-OH is 1. The van der Waals surface area contributed by atoms with Gasteiger partial charge in [0.2, 0.25) is 0 Å². The summed E-state index contributed by atoms with van der Waals surface area (Å²) >= 11 is 0. The van der Waals surface area contributed by atoms with E-state index in [1.165, 1.54) is 24.5 Å². The van der Waals surface area contributed by atoms with Gasteiger partial charge < -0.3 is 14.4 Å². The van der Waals surface area contributed by atoms with Crippen molar-refractivity contribution >= 4 is 11.2 Å². The predicted molar refractivity (Wildman–Crippen MR) is 103 cm³/mol. The van der Waals surface area contributed by atoms with Crippen molar-refractivity contribution in [2.45, 2.75) is 37.7 Å². The first-order valence-corrected chi connectivity index (χ1v) is 9.84. The Morgan fingerprint density at radius 1 is 1.07 bits per heavy atom. The number of anilines is 1. The van der Waals surface area contributed by atoms with Crippen molar-refractivity contribution in [1.82, 2.24) is 9.38 Å². The van der Waals surface area contributed by atoms with Gasteiger partial charge in [0.05, 0.1) is 29.8 Å². The summed E-state index contributed by atoms with van der Waals surface area (Å²) in [5.74, 6) is 0.588. The monoisotopic (exact) mass is 365 g/mol. The number of hydrogen-bond acceptors (Lipinski definition) is 3. The normalized spacial score (nSPS) is 19.6. The molecule has 0 spiro atoms. The number of piperidine rings is 1. The minimum absolute atomic E-state index is 0.199. The molecule has 4 nitrogen and oxygen atoms in total. The first kappa shape index (κ1) is 16.8. The van der Waals surface area contributed by atoms with Crippen molar-refractivity contribution in [1.29, 1.82) is 0 Å². The highest BCUT2D eigenvalue weighted by atomic mass is 19.1. The molecule has 0 amide bonds. The van der Waals surface area contributed by atoms with E-state index < -0.39 is 6.10 Å². The van der Waals surface area contributed by atoms with E-state index >= 15 is 0 Å². The van der Waals surface area contributed by atoms with Crippen molar-refractivity contribution < 1.29 is 9.50 Å². The molecular weight excluding hydrogens is 341 g/mol. The Balaban J connectivity index is 1.38. The van der Waals surface area contributed by atoms with Crippen LogP contribution < -0.4 is 4.90 Å². The maximum atomic E-state index is 13.5. The maximum absolute atomic E-state index is 13.5. The molecule has 5 heteroatoms. The van der Waals surface area contributed by atoms with E-state index in [2.05, 4.69) is 26.4 Å². The zero-order valence-corrected chi connectivity index (χ0v) is 15.3. The Hall–Kier alpha value is -2.40. The Bertz CT molecular complexity index is 957. The molecule has 140 valence electrons. The largest absolute Gasteiger partial charge is 0.387 e. The van der Waals surface area contributed by atoms with Crippen LogP contribution in [0.5, 0.6) is 0 Å². The van der Waals surface area contributed by atoms with E-state index in [4.69, 9.17) is 0 Å². The number of rotatable bonds is 4. The average molecular weight is 365 g/mol. The van der Waals surface area contributed by atoms with Gasteiger partial charge in [0.15, 0.2) is 0 Å². The van der Waals surface area contributed by atoms with E-state index in [-0.39, 0.29) is 11.7 Å². The van der Waals surface area contributed by atoms with E-state index in [0.717, 1.165) is 42.8 Å². The second-order valence-corrected chi connectivity index (χ2v) is 7.89. The molecule has 1 saturated heterocycles. The molecule has 1 saturated carbocycles. The minimum atomic E-state index is -0.492. The first-order chi connectivity index (χ1) is 13.2. The Kier molecular flexibility index (Phi) is 4.12. The summed E-state index contributed by atoms with van der Waals surface area (Å²) in [6, 6.07) is 11.1.